The number of hydrogen-bond donors (Lipinski definition) is 3. The maximum Gasteiger partial charge on any atom is 0.321 e. The van der Waals surface area contributed by atoms with Crippen LogP contribution in [-0.4, -0.2) is 51.8 Å². The zero-order valence-electron chi connectivity index (χ0n) is 11.0. The van der Waals surface area contributed by atoms with Gasteiger partial charge in [0.25, 0.3) is 0 Å². The van der Waals surface area contributed by atoms with E-state index in [2.05, 4.69) is 10.3 Å². The molecule has 2 rings (SSSR count). The van der Waals surface area contributed by atoms with Crippen molar-refractivity contribution in [3.8, 4) is 0 Å². The van der Waals surface area contributed by atoms with Crippen LogP contribution < -0.4 is 5.32 Å². The summed E-state index contributed by atoms with van der Waals surface area (Å²) in [5.74, 6) is -0.793. The van der Waals surface area contributed by atoms with Gasteiger partial charge in [-0.25, -0.2) is 4.79 Å². The highest BCUT2D eigenvalue weighted by atomic mass is 16.4. The summed E-state index contributed by atoms with van der Waals surface area (Å²) in [5.41, 5.74) is 0.966. The van der Waals surface area contributed by atoms with Crippen molar-refractivity contribution in [1.29, 1.82) is 0 Å². The molecule has 2 heterocycles. The van der Waals surface area contributed by atoms with Crippen molar-refractivity contribution in [1.82, 2.24) is 9.88 Å². The number of rotatable bonds is 4. The maximum absolute atomic E-state index is 12.0. The Morgan fingerprint density at radius 3 is 2.80 bits per heavy atom. The van der Waals surface area contributed by atoms with E-state index in [1.807, 2.05) is 0 Å². The number of carboxylic acids is 1. The minimum absolute atomic E-state index is 0.0925. The number of carbonyl (C=O) groups excluding carboxylic acids is 1. The molecule has 1 aliphatic rings. The Hall–Kier alpha value is -2.15. The number of carbonyl (C=O) groups is 2. The number of aliphatic hydroxyl groups is 1. The molecule has 1 fully saturated rings. The zero-order valence-corrected chi connectivity index (χ0v) is 11.0. The van der Waals surface area contributed by atoms with Gasteiger partial charge in [-0.3, -0.25) is 9.78 Å². The summed E-state index contributed by atoms with van der Waals surface area (Å²) in [6, 6.07) is 2.97. The normalized spacial score (nSPS) is 18.1. The minimum atomic E-state index is -0.943. The number of aromatic nitrogens is 1. The smallest absolute Gasteiger partial charge is 0.321 e. The molecule has 1 aliphatic heterocycles. The van der Waals surface area contributed by atoms with Crippen LogP contribution in [0.5, 0.6) is 0 Å². The molecule has 1 aromatic heterocycles. The molecule has 1 aromatic rings. The van der Waals surface area contributed by atoms with E-state index in [0.717, 1.165) is 6.42 Å². The third-order valence-electron chi connectivity index (χ3n) is 3.24. The van der Waals surface area contributed by atoms with Gasteiger partial charge >= 0.3 is 12.0 Å². The van der Waals surface area contributed by atoms with E-state index in [-0.39, 0.29) is 25.0 Å². The number of carboxylic acid groups (broad SMARTS) is 1. The first-order valence-electron chi connectivity index (χ1n) is 6.42. The first-order chi connectivity index (χ1) is 9.58. The largest absolute Gasteiger partial charge is 0.481 e. The highest BCUT2D eigenvalue weighted by Gasteiger charge is 2.25. The van der Waals surface area contributed by atoms with Gasteiger partial charge in [0.15, 0.2) is 0 Å². The average Bonchev–Trinajstić information content (AvgIpc) is 2.89. The third kappa shape index (κ3) is 3.67. The van der Waals surface area contributed by atoms with Crippen LogP contribution >= 0.6 is 0 Å². The maximum atomic E-state index is 12.0. The molecular weight excluding hydrogens is 262 g/mol. The molecule has 7 nitrogen and oxygen atoms in total. The Balaban J connectivity index is 1.90. The third-order valence-corrected chi connectivity index (χ3v) is 3.24. The van der Waals surface area contributed by atoms with Crippen LogP contribution in [-0.2, 0) is 11.2 Å². The molecule has 0 aromatic carbocycles. The Morgan fingerprint density at radius 1 is 1.45 bits per heavy atom. The van der Waals surface area contributed by atoms with Crippen LogP contribution in [0.4, 0.5) is 10.5 Å². The van der Waals surface area contributed by atoms with Crippen molar-refractivity contribution in [3.05, 3.63) is 24.0 Å². The fraction of sp³-hybridized carbons (Fsp3) is 0.462. The molecule has 0 radical (unpaired) electrons. The van der Waals surface area contributed by atoms with Gasteiger partial charge in [-0.2, -0.15) is 0 Å². The van der Waals surface area contributed by atoms with Crippen molar-refractivity contribution in [2.24, 2.45) is 5.92 Å². The lowest BCUT2D eigenvalue weighted by Gasteiger charge is -2.17. The summed E-state index contributed by atoms with van der Waals surface area (Å²) in [6.07, 6.45) is 2.11. The lowest BCUT2D eigenvalue weighted by molar-refractivity contribution is -0.136. The first-order valence-corrected chi connectivity index (χ1v) is 6.42. The first kappa shape index (κ1) is 14.3. The Labute approximate surface area is 116 Å². The standard InChI is InChI=1S/C13H17N3O4/c17-8-9-3-4-16(7-9)13(20)15-11-2-1-10(14-6-11)5-12(18)19/h1-2,6,9,17H,3-5,7-8H2,(H,15,20)(H,18,19). The fourth-order valence-electron chi connectivity index (χ4n) is 2.13. The van der Waals surface area contributed by atoms with Gasteiger partial charge in [-0.1, -0.05) is 0 Å². The van der Waals surface area contributed by atoms with Crippen molar-refractivity contribution in [3.63, 3.8) is 0 Å². The summed E-state index contributed by atoms with van der Waals surface area (Å²) in [6.45, 7) is 1.27. The van der Waals surface area contributed by atoms with Gasteiger partial charge in [0, 0.05) is 25.6 Å². The Bertz CT molecular complexity index is 489. The molecule has 0 aliphatic carbocycles. The van der Waals surface area contributed by atoms with Crippen LogP contribution in [0.15, 0.2) is 18.3 Å². The van der Waals surface area contributed by atoms with Gasteiger partial charge < -0.3 is 20.4 Å². The lowest BCUT2D eigenvalue weighted by Crippen LogP contribution is -2.33. The summed E-state index contributed by atoms with van der Waals surface area (Å²) < 4.78 is 0. The SMILES string of the molecule is O=C(O)Cc1ccc(NC(=O)N2CCC(CO)C2)cn1. The number of aliphatic carboxylic acids is 1. The number of urea groups is 1. The molecule has 2 amide bonds. The van der Waals surface area contributed by atoms with Crippen LogP contribution in [0.2, 0.25) is 0 Å². The van der Waals surface area contributed by atoms with Crippen LogP contribution in [0.1, 0.15) is 12.1 Å². The monoisotopic (exact) mass is 279 g/mol. The van der Waals surface area contributed by atoms with Gasteiger partial charge in [0.2, 0.25) is 0 Å². The van der Waals surface area contributed by atoms with Crippen LogP contribution in [0.25, 0.3) is 0 Å². The second-order valence-electron chi connectivity index (χ2n) is 4.82. The number of aliphatic hydroxyl groups excluding tert-OH is 1. The summed E-state index contributed by atoms with van der Waals surface area (Å²) in [5, 5.41) is 20.4. The molecule has 0 saturated carbocycles. The molecule has 1 atom stereocenters. The topological polar surface area (TPSA) is 103 Å². The average molecular weight is 279 g/mol. The number of nitrogens with zero attached hydrogens (tertiary/aromatic N) is 2. The van der Waals surface area contributed by atoms with E-state index < -0.39 is 5.97 Å². The molecule has 1 saturated heterocycles. The second kappa shape index (κ2) is 6.33. The molecular formula is C13H17N3O4. The molecule has 3 N–H and O–H groups in total. The van der Waals surface area contributed by atoms with Crippen molar-refractivity contribution in [2.45, 2.75) is 12.8 Å². The fourth-order valence-corrected chi connectivity index (χ4v) is 2.13. The number of anilines is 1. The zero-order chi connectivity index (χ0) is 14.5. The molecule has 0 bridgehead atoms. The lowest BCUT2D eigenvalue weighted by atomic mass is 10.1. The van der Waals surface area contributed by atoms with E-state index in [1.165, 1.54) is 6.20 Å². The van der Waals surface area contributed by atoms with Gasteiger partial charge in [0.1, 0.15) is 0 Å². The Kier molecular flexibility index (Phi) is 4.52. The number of hydrogen-bond acceptors (Lipinski definition) is 4. The van der Waals surface area contributed by atoms with Gasteiger partial charge in [-0.15, -0.1) is 0 Å². The number of nitrogens with one attached hydrogen (secondary N) is 1. The van der Waals surface area contributed by atoms with Crippen LogP contribution in [0.3, 0.4) is 0 Å². The number of likely N-dealkylation sites (tertiary alicyclic amines) is 1. The summed E-state index contributed by atoms with van der Waals surface area (Å²) in [4.78, 5) is 28.1. The molecule has 108 valence electrons. The van der Waals surface area contributed by atoms with E-state index in [4.69, 9.17) is 10.2 Å². The van der Waals surface area contributed by atoms with Gasteiger partial charge in [-0.05, 0) is 18.6 Å². The molecule has 1 unspecified atom stereocenters. The molecule has 7 heteroatoms. The molecule has 20 heavy (non-hydrogen) atoms. The highest BCUT2D eigenvalue weighted by molar-refractivity contribution is 5.89. The second-order valence-corrected chi connectivity index (χ2v) is 4.82. The predicted molar refractivity (Wildman–Crippen MR) is 71.4 cm³/mol. The minimum Gasteiger partial charge on any atom is -0.481 e. The van der Waals surface area contributed by atoms with E-state index in [0.29, 0.717) is 24.5 Å². The predicted octanol–water partition coefficient (Wildman–Crippen LogP) is 0.555. The summed E-state index contributed by atoms with van der Waals surface area (Å²) >= 11 is 0. The van der Waals surface area contributed by atoms with Crippen molar-refractivity contribution >= 4 is 17.7 Å². The van der Waals surface area contributed by atoms with Gasteiger partial charge in [0.05, 0.1) is 24.0 Å². The summed E-state index contributed by atoms with van der Waals surface area (Å²) in [7, 11) is 0. The van der Waals surface area contributed by atoms with E-state index in [9.17, 15) is 9.59 Å². The molecule has 0 spiro atoms. The van der Waals surface area contributed by atoms with E-state index >= 15 is 0 Å². The van der Waals surface area contributed by atoms with Crippen LogP contribution in [0, 0.1) is 5.92 Å². The van der Waals surface area contributed by atoms with E-state index in [1.54, 1.807) is 17.0 Å². The van der Waals surface area contributed by atoms with Crippen molar-refractivity contribution < 1.29 is 19.8 Å². The highest BCUT2D eigenvalue weighted by Crippen LogP contribution is 2.17. The van der Waals surface area contributed by atoms with Crippen molar-refractivity contribution in [2.75, 3.05) is 25.0 Å². The quantitative estimate of drug-likeness (QED) is 0.747. The Morgan fingerprint density at radius 2 is 2.25 bits per heavy atom. The number of amides is 2. The number of pyridine rings is 1.